The molecular weight excluding hydrogens is 284 g/mol. The van der Waals surface area contributed by atoms with Crippen LogP contribution in [0.25, 0.3) is 0 Å². The lowest BCUT2D eigenvalue weighted by atomic mass is 9.80. The standard InChI is InChI=1S/C12H17BrN2O2/c1-7-10(13)9(15(3)14-7)6-12(2,11(16)17)8-4-5-8/h8H,4-6H2,1-3H3,(H,16,17). The first-order valence-corrected chi connectivity index (χ1v) is 6.57. The first-order valence-electron chi connectivity index (χ1n) is 5.77. The van der Waals surface area contributed by atoms with Gasteiger partial charge in [-0.05, 0) is 48.5 Å². The third-order valence-corrected chi connectivity index (χ3v) is 4.79. The van der Waals surface area contributed by atoms with Gasteiger partial charge in [-0.15, -0.1) is 0 Å². The number of carbonyl (C=O) groups is 1. The minimum atomic E-state index is -0.703. The summed E-state index contributed by atoms with van der Waals surface area (Å²) in [5, 5.41) is 13.8. The van der Waals surface area contributed by atoms with Crippen LogP contribution >= 0.6 is 15.9 Å². The van der Waals surface area contributed by atoms with Gasteiger partial charge < -0.3 is 5.11 Å². The van der Waals surface area contributed by atoms with E-state index < -0.39 is 11.4 Å². The zero-order valence-corrected chi connectivity index (χ0v) is 11.9. The van der Waals surface area contributed by atoms with E-state index >= 15 is 0 Å². The molecule has 4 nitrogen and oxygen atoms in total. The minimum Gasteiger partial charge on any atom is -0.481 e. The van der Waals surface area contributed by atoms with Crippen LogP contribution in [0.4, 0.5) is 0 Å². The summed E-state index contributed by atoms with van der Waals surface area (Å²) in [5.41, 5.74) is 1.22. The van der Waals surface area contributed by atoms with E-state index in [0.29, 0.717) is 12.3 Å². The molecule has 0 amide bonds. The average Bonchev–Trinajstić information content (AvgIpc) is 3.04. The summed E-state index contributed by atoms with van der Waals surface area (Å²) in [6, 6.07) is 0. The molecule has 0 bridgehead atoms. The minimum absolute atomic E-state index is 0.308. The fraction of sp³-hybridized carbons (Fsp3) is 0.667. The molecule has 1 aromatic heterocycles. The van der Waals surface area contributed by atoms with Gasteiger partial charge in [0.15, 0.2) is 0 Å². The first-order chi connectivity index (χ1) is 7.86. The molecule has 0 aromatic carbocycles. The third-order valence-electron chi connectivity index (χ3n) is 3.76. The summed E-state index contributed by atoms with van der Waals surface area (Å²) in [6.07, 6.45) is 2.58. The van der Waals surface area contributed by atoms with Crippen molar-refractivity contribution in [2.45, 2.75) is 33.1 Å². The monoisotopic (exact) mass is 300 g/mol. The lowest BCUT2D eigenvalue weighted by Gasteiger charge is -2.24. The molecule has 2 rings (SSSR count). The average molecular weight is 301 g/mol. The molecule has 1 aromatic rings. The van der Waals surface area contributed by atoms with Crippen LogP contribution in [-0.4, -0.2) is 20.9 Å². The number of halogens is 1. The number of aromatic nitrogens is 2. The van der Waals surface area contributed by atoms with Gasteiger partial charge in [-0.3, -0.25) is 9.48 Å². The second-order valence-electron chi connectivity index (χ2n) is 5.14. The Morgan fingerprint density at radius 3 is 2.59 bits per heavy atom. The second-order valence-corrected chi connectivity index (χ2v) is 5.94. The lowest BCUT2D eigenvalue weighted by molar-refractivity contribution is -0.149. The Balaban J connectivity index is 2.32. The Hall–Kier alpha value is -0.840. The van der Waals surface area contributed by atoms with E-state index in [-0.39, 0.29) is 0 Å². The first kappa shape index (κ1) is 12.6. The summed E-state index contributed by atoms with van der Waals surface area (Å²) >= 11 is 3.50. The molecule has 0 saturated heterocycles. The van der Waals surface area contributed by atoms with Gasteiger partial charge in [0.25, 0.3) is 0 Å². The smallest absolute Gasteiger partial charge is 0.310 e. The highest BCUT2D eigenvalue weighted by atomic mass is 79.9. The molecule has 1 heterocycles. The molecule has 1 saturated carbocycles. The van der Waals surface area contributed by atoms with Crippen LogP contribution in [0.3, 0.4) is 0 Å². The molecule has 1 N–H and O–H groups in total. The van der Waals surface area contributed by atoms with Crippen LogP contribution in [0.2, 0.25) is 0 Å². The van der Waals surface area contributed by atoms with E-state index in [0.717, 1.165) is 28.7 Å². The van der Waals surface area contributed by atoms with Crippen molar-refractivity contribution >= 4 is 21.9 Å². The number of nitrogens with zero attached hydrogens (tertiary/aromatic N) is 2. The van der Waals surface area contributed by atoms with Gasteiger partial charge in [0.1, 0.15) is 0 Å². The van der Waals surface area contributed by atoms with E-state index in [2.05, 4.69) is 21.0 Å². The van der Waals surface area contributed by atoms with Gasteiger partial charge in [0.2, 0.25) is 0 Å². The largest absolute Gasteiger partial charge is 0.481 e. The Bertz CT molecular complexity index is 465. The molecule has 1 aliphatic rings. The maximum Gasteiger partial charge on any atom is 0.310 e. The van der Waals surface area contributed by atoms with Gasteiger partial charge >= 0.3 is 5.97 Å². The summed E-state index contributed by atoms with van der Waals surface area (Å²) < 4.78 is 2.72. The molecule has 1 aliphatic carbocycles. The topological polar surface area (TPSA) is 55.1 Å². The maximum atomic E-state index is 11.5. The summed E-state index contributed by atoms with van der Waals surface area (Å²) in [6.45, 7) is 3.77. The predicted molar refractivity (Wildman–Crippen MR) is 67.8 cm³/mol. The summed E-state index contributed by atoms with van der Waals surface area (Å²) in [4.78, 5) is 11.5. The summed E-state index contributed by atoms with van der Waals surface area (Å²) in [5.74, 6) is -0.396. The zero-order valence-electron chi connectivity index (χ0n) is 10.3. The molecule has 1 fully saturated rings. The van der Waals surface area contributed by atoms with E-state index in [4.69, 9.17) is 0 Å². The quantitative estimate of drug-likeness (QED) is 0.930. The van der Waals surface area contributed by atoms with Gasteiger partial charge in [0, 0.05) is 13.5 Å². The Kier molecular flexibility index (Phi) is 3.06. The Morgan fingerprint density at radius 1 is 1.65 bits per heavy atom. The number of carboxylic acid groups (broad SMARTS) is 1. The molecule has 94 valence electrons. The molecule has 0 radical (unpaired) electrons. The SMILES string of the molecule is Cc1nn(C)c(CC(C)(C(=O)O)C2CC2)c1Br. The van der Waals surface area contributed by atoms with Gasteiger partial charge in [-0.25, -0.2) is 0 Å². The number of hydrogen-bond acceptors (Lipinski definition) is 2. The van der Waals surface area contributed by atoms with Crippen LogP contribution < -0.4 is 0 Å². The molecule has 0 aliphatic heterocycles. The molecule has 17 heavy (non-hydrogen) atoms. The highest BCUT2D eigenvalue weighted by Crippen LogP contribution is 2.48. The molecule has 1 unspecified atom stereocenters. The van der Waals surface area contributed by atoms with Crippen LogP contribution in [0.15, 0.2) is 4.47 Å². The van der Waals surface area contributed by atoms with Crippen molar-refractivity contribution in [1.29, 1.82) is 0 Å². The fourth-order valence-corrected chi connectivity index (χ4v) is 2.81. The highest BCUT2D eigenvalue weighted by molar-refractivity contribution is 9.10. The number of carboxylic acids is 1. The number of rotatable bonds is 4. The maximum absolute atomic E-state index is 11.5. The Morgan fingerprint density at radius 2 is 2.24 bits per heavy atom. The van der Waals surface area contributed by atoms with Gasteiger partial charge in [-0.1, -0.05) is 0 Å². The molecule has 5 heteroatoms. The van der Waals surface area contributed by atoms with E-state index in [1.807, 2.05) is 20.9 Å². The van der Waals surface area contributed by atoms with Crippen LogP contribution in [0, 0.1) is 18.3 Å². The Labute approximate surface area is 109 Å². The van der Waals surface area contributed by atoms with Crippen molar-refractivity contribution < 1.29 is 9.90 Å². The van der Waals surface area contributed by atoms with Gasteiger partial charge in [0.05, 0.1) is 21.3 Å². The van der Waals surface area contributed by atoms with E-state index in [1.165, 1.54) is 0 Å². The van der Waals surface area contributed by atoms with Crippen molar-refractivity contribution in [2.75, 3.05) is 0 Å². The van der Waals surface area contributed by atoms with Crippen molar-refractivity contribution in [3.8, 4) is 0 Å². The zero-order chi connectivity index (χ0) is 12.8. The van der Waals surface area contributed by atoms with E-state index in [1.54, 1.807) is 4.68 Å². The summed E-state index contributed by atoms with van der Waals surface area (Å²) in [7, 11) is 1.86. The third kappa shape index (κ3) is 2.12. The second kappa shape index (κ2) is 4.12. The van der Waals surface area contributed by atoms with Crippen LogP contribution in [0.1, 0.15) is 31.2 Å². The molecule has 0 spiro atoms. The highest BCUT2D eigenvalue weighted by Gasteiger charge is 2.48. The number of aryl methyl sites for hydroxylation is 2. The molecular formula is C12H17BrN2O2. The lowest BCUT2D eigenvalue weighted by Crippen LogP contribution is -2.33. The van der Waals surface area contributed by atoms with Gasteiger partial charge in [-0.2, -0.15) is 5.10 Å². The van der Waals surface area contributed by atoms with Crippen LogP contribution in [0.5, 0.6) is 0 Å². The predicted octanol–water partition coefficient (Wildman–Crippen LogP) is 2.53. The van der Waals surface area contributed by atoms with E-state index in [9.17, 15) is 9.90 Å². The van der Waals surface area contributed by atoms with Crippen LogP contribution in [-0.2, 0) is 18.3 Å². The molecule has 1 atom stereocenters. The normalized spacial score (nSPS) is 19.1. The number of hydrogen-bond donors (Lipinski definition) is 1. The number of aliphatic carboxylic acids is 1. The fourth-order valence-electron chi connectivity index (χ4n) is 2.34. The van der Waals surface area contributed by atoms with Crippen molar-refractivity contribution in [3.05, 3.63) is 15.9 Å². The van der Waals surface area contributed by atoms with Crippen molar-refractivity contribution in [3.63, 3.8) is 0 Å². The van der Waals surface area contributed by atoms with Crippen molar-refractivity contribution in [2.24, 2.45) is 18.4 Å². The van der Waals surface area contributed by atoms with Crippen molar-refractivity contribution in [1.82, 2.24) is 9.78 Å².